The number of aromatic amines is 1. The molecule has 1 saturated heterocycles. The Morgan fingerprint density at radius 3 is 2.57 bits per heavy atom. The van der Waals surface area contributed by atoms with E-state index in [2.05, 4.69) is 32.0 Å². The molecule has 8 heteroatoms. The predicted octanol–water partition coefficient (Wildman–Crippen LogP) is 4.25. The number of H-pyrrole nitrogens is 1. The SMILES string of the molecule is N#CC(=C1CCN(C(=O)C(=O)c2c[nH]c3c(Br)ncc(F)c23)CC1)c1ccccc1. The van der Waals surface area contributed by atoms with Crippen LogP contribution in [-0.2, 0) is 4.79 Å². The van der Waals surface area contributed by atoms with Gasteiger partial charge >= 0.3 is 0 Å². The summed E-state index contributed by atoms with van der Waals surface area (Å²) in [6, 6.07) is 11.7. The molecule has 2 aromatic heterocycles. The van der Waals surface area contributed by atoms with Crippen LogP contribution in [0.3, 0.4) is 0 Å². The zero-order valence-corrected chi connectivity index (χ0v) is 17.4. The van der Waals surface area contributed by atoms with E-state index in [-0.39, 0.29) is 10.9 Å². The quantitative estimate of drug-likeness (QED) is 0.270. The smallest absolute Gasteiger partial charge is 0.295 e. The first kappa shape index (κ1) is 20.0. The zero-order chi connectivity index (χ0) is 21.3. The van der Waals surface area contributed by atoms with Gasteiger partial charge in [-0.25, -0.2) is 9.37 Å². The molecule has 0 saturated carbocycles. The Morgan fingerprint density at radius 1 is 1.20 bits per heavy atom. The van der Waals surface area contributed by atoms with Crippen molar-refractivity contribution >= 4 is 44.1 Å². The Labute approximate surface area is 180 Å². The lowest BCUT2D eigenvalue weighted by atomic mass is 9.93. The van der Waals surface area contributed by atoms with Crippen LogP contribution in [0.5, 0.6) is 0 Å². The lowest BCUT2D eigenvalue weighted by molar-refractivity contribution is -0.126. The second-order valence-corrected chi connectivity index (χ2v) is 7.68. The first-order chi connectivity index (χ1) is 14.5. The van der Waals surface area contributed by atoms with Crippen LogP contribution in [0.15, 0.2) is 52.9 Å². The summed E-state index contributed by atoms with van der Waals surface area (Å²) in [5.74, 6) is -2.12. The second kappa shape index (κ2) is 8.20. The number of carbonyl (C=O) groups is 2. The molecule has 0 aliphatic carbocycles. The van der Waals surface area contributed by atoms with Gasteiger partial charge in [-0.3, -0.25) is 9.59 Å². The number of pyridine rings is 1. The molecule has 1 amide bonds. The molecule has 1 aliphatic heterocycles. The largest absolute Gasteiger partial charge is 0.358 e. The molecule has 6 nitrogen and oxygen atoms in total. The van der Waals surface area contributed by atoms with Crippen LogP contribution in [-0.4, -0.2) is 39.6 Å². The lowest BCUT2D eigenvalue weighted by Crippen LogP contribution is -2.40. The summed E-state index contributed by atoms with van der Waals surface area (Å²) in [6.07, 6.45) is 3.36. The second-order valence-electron chi connectivity index (χ2n) is 6.93. The number of fused-ring (bicyclic) bond motifs is 1. The Kier molecular flexibility index (Phi) is 5.46. The van der Waals surface area contributed by atoms with Gasteiger partial charge in [-0.05, 0) is 39.9 Å². The van der Waals surface area contributed by atoms with Crippen LogP contribution in [0.1, 0.15) is 28.8 Å². The maximum atomic E-state index is 14.2. The number of likely N-dealkylation sites (tertiary alicyclic amines) is 1. The molecule has 0 spiro atoms. The normalized spacial score (nSPS) is 13.9. The van der Waals surface area contributed by atoms with Gasteiger partial charge in [-0.15, -0.1) is 0 Å². The van der Waals surface area contributed by atoms with E-state index in [9.17, 15) is 19.2 Å². The Morgan fingerprint density at radius 2 is 1.90 bits per heavy atom. The van der Waals surface area contributed by atoms with Gasteiger partial charge in [0.05, 0.1) is 34.3 Å². The van der Waals surface area contributed by atoms with E-state index in [0.29, 0.717) is 41.6 Å². The molecular weight excluding hydrogens is 451 g/mol. The third kappa shape index (κ3) is 3.53. The monoisotopic (exact) mass is 466 g/mol. The molecule has 0 radical (unpaired) electrons. The number of hydrogen-bond donors (Lipinski definition) is 1. The van der Waals surface area contributed by atoms with Gasteiger partial charge in [0.15, 0.2) is 5.82 Å². The molecule has 0 bridgehead atoms. The molecule has 3 aromatic rings. The number of nitriles is 1. The number of nitrogens with zero attached hydrogens (tertiary/aromatic N) is 3. The molecule has 4 rings (SSSR count). The van der Waals surface area contributed by atoms with E-state index in [0.717, 1.165) is 17.3 Å². The fourth-order valence-electron chi connectivity index (χ4n) is 3.70. The number of allylic oxidation sites excluding steroid dienone is 1. The number of piperidine rings is 1. The van der Waals surface area contributed by atoms with Crippen LogP contribution in [0, 0.1) is 17.1 Å². The van der Waals surface area contributed by atoms with Crippen molar-refractivity contribution in [3.63, 3.8) is 0 Å². The van der Waals surface area contributed by atoms with E-state index < -0.39 is 17.5 Å². The first-order valence-electron chi connectivity index (χ1n) is 9.33. The highest BCUT2D eigenvalue weighted by Gasteiger charge is 2.29. The third-order valence-electron chi connectivity index (χ3n) is 5.24. The van der Waals surface area contributed by atoms with Gasteiger partial charge in [0, 0.05) is 19.3 Å². The van der Waals surface area contributed by atoms with Crippen molar-refractivity contribution < 1.29 is 14.0 Å². The van der Waals surface area contributed by atoms with Crippen LogP contribution in [0.4, 0.5) is 4.39 Å². The number of nitrogens with one attached hydrogen (secondary N) is 1. The number of rotatable bonds is 3. The standard InChI is InChI=1S/C22H16BrFN4O2/c23-21-19-18(17(24)12-27-21)16(11-26-19)20(29)22(30)28-8-6-14(7-9-28)15(10-25)13-4-2-1-3-5-13/h1-5,11-12,26H,6-9H2. The summed E-state index contributed by atoms with van der Waals surface area (Å²) in [7, 11) is 0. The number of hydrogen-bond acceptors (Lipinski definition) is 4. The fraction of sp³-hybridized carbons (Fsp3) is 0.182. The molecule has 0 unspecified atom stereocenters. The highest BCUT2D eigenvalue weighted by atomic mass is 79.9. The molecule has 1 aromatic carbocycles. The van der Waals surface area contributed by atoms with Gasteiger partial charge < -0.3 is 9.88 Å². The van der Waals surface area contributed by atoms with Crippen LogP contribution in [0.2, 0.25) is 0 Å². The summed E-state index contributed by atoms with van der Waals surface area (Å²) in [6.45, 7) is 0.655. The minimum absolute atomic E-state index is 0.0149. The number of carbonyl (C=O) groups excluding carboxylic acids is 2. The molecule has 150 valence electrons. The molecule has 1 fully saturated rings. The van der Waals surface area contributed by atoms with Crippen molar-refractivity contribution in [2.45, 2.75) is 12.8 Å². The number of ketones is 1. The van der Waals surface area contributed by atoms with Crippen LogP contribution >= 0.6 is 15.9 Å². The van der Waals surface area contributed by atoms with Gasteiger partial charge in [-0.2, -0.15) is 5.26 Å². The topological polar surface area (TPSA) is 89.9 Å². The lowest BCUT2D eigenvalue weighted by Gasteiger charge is -2.28. The fourth-order valence-corrected chi connectivity index (χ4v) is 4.11. The Bertz CT molecular complexity index is 1220. The molecule has 1 aliphatic rings. The van der Waals surface area contributed by atoms with Crippen molar-refractivity contribution in [2.75, 3.05) is 13.1 Å². The molecule has 1 N–H and O–H groups in total. The van der Waals surface area contributed by atoms with E-state index in [4.69, 9.17) is 0 Å². The number of benzene rings is 1. The average Bonchev–Trinajstić information content (AvgIpc) is 3.24. The van der Waals surface area contributed by atoms with Crippen molar-refractivity contribution in [3.05, 3.63) is 69.8 Å². The number of halogens is 2. The van der Waals surface area contributed by atoms with Crippen molar-refractivity contribution in [3.8, 4) is 6.07 Å². The molecular formula is C22H16BrFN4O2. The highest BCUT2D eigenvalue weighted by molar-refractivity contribution is 9.10. The van der Waals surface area contributed by atoms with E-state index in [1.165, 1.54) is 11.1 Å². The summed E-state index contributed by atoms with van der Waals surface area (Å²) >= 11 is 3.21. The number of Topliss-reactive ketones (excluding diaryl/α,β-unsaturated/α-hetero) is 1. The first-order valence-corrected chi connectivity index (χ1v) is 10.1. The molecule has 0 atom stereocenters. The van der Waals surface area contributed by atoms with Crippen molar-refractivity contribution in [2.24, 2.45) is 0 Å². The maximum absolute atomic E-state index is 14.2. The van der Waals surface area contributed by atoms with Crippen molar-refractivity contribution in [1.82, 2.24) is 14.9 Å². The summed E-state index contributed by atoms with van der Waals surface area (Å²) in [5.41, 5.74) is 2.74. The Hall–Kier alpha value is -3.31. The average molecular weight is 467 g/mol. The molecule has 30 heavy (non-hydrogen) atoms. The third-order valence-corrected chi connectivity index (χ3v) is 5.84. The number of amides is 1. The minimum Gasteiger partial charge on any atom is -0.358 e. The maximum Gasteiger partial charge on any atom is 0.295 e. The zero-order valence-electron chi connectivity index (χ0n) is 15.8. The van der Waals surface area contributed by atoms with E-state index in [1.807, 2.05) is 30.3 Å². The highest BCUT2D eigenvalue weighted by Crippen LogP contribution is 2.29. The van der Waals surface area contributed by atoms with Gasteiger partial charge in [0.25, 0.3) is 11.7 Å². The van der Waals surface area contributed by atoms with Crippen LogP contribution < -0.4 is 0 Å². The summed E-state index contributed by atoms with van der Waals surface area (Å²) < 4.78 is 14.6. The van der Waals surface area contributed by atoms with Crippen LogP contribution in [0.25, 0.3) is 16.5 Å². The molecule has 3 heterocycles. The minimum atomic E-state index is -0.769. The van der Waals surface area contributed by atoms with E-state index in [1.54, 1.807) is 0 Å². The Balaban J connectivity index is 1.54. The van der Waals surface area contributed by atoms with Gasteiger partial charge in [0.1, 0.15) is 4.60 Å². The summed E-state index contributed by atoms with van der Waals surface area (Å²) in [5, 5.41) is 9.62. The van der Waals surface area contributed by atoms with Gasteiger partial charge in [-0.1, -0.05) is 30.3 Å². The summed E-state index contributed by atoms with van der Waals surface area (Å²) in [4.78, 5) is 33.7. The number of aromatic nitrogens is 2. The predicted molar refractivity (Wildman–Crippen MR) is 113 cm³/mol. The van der Waals surface area contributed by atoms with Gasteiger partial charge in [0.2, 0.25) is 0 Å². The van der Waals surface area contributed by atoms with Crippen molar-refractivity contribution in [1.29, 1.82) is 5.26 Å². The van der Waals surface area contributed by atoms with E-state index >= 15 is 0 Å².